The molecule has 2 aromatic rings. The highest BCUT2D eigenvalue weighted by Gasteiger charge is 2.29. The highest BCUT2D eigenvalue weighted by atomic mass is 32.2. The largest absolute Gasteiger partial charge is 0.467 e. The second kappa shape index (κ2) is 6.14. The Morgan fingerprint density at radius 2 is 2.09 bits per heavy atom. The molecular weight excluding hydrogens is 300 g/mol. The molecule has 0 amide bonds. The van der Waals surface area contributed by atoms with Crippen LogP contribution >= 0.6 is 0 Å². The molecule has 5 nitrogen and oxygen atoms in total. The maximum atomic E-state index is 11.8. The van der Waals surface area contributed by atoms with E-state index >= 15 is 0 Å². The van der Waals surface area contributed by atoms with E-state index in [0.29, 0.717) is 6.54 Å². The number of fused-ring (bicyclic) bond motifs is 1. The molecule has 0 unspecified atom stereocenters. The summed E-state index contributed by atoms with van der Waals surface area (Å²) in [6.07, 6.45) is 2.59. The molecule has 118 valence electrons. The van der Waals surface area contributed by atoms with Gasteiger partial charge in [0, 0.05) is 18.8 Å². The highest BCUT2D eigenvalue weighted by molar-refractivity contribution is 7.89. The SMILES string of the molecule is CCS(=O)(=O)NC[C@@H](c1ccco1)N1CCc2ccccc21. The third kappa shape index (κ3) is 3.03. The zero-order chi connectivity index (χ0) is 15.6. The van der Waals surface area contributed by atoms with Crippen LogP contribution in [0.15, 0.2) is 47.1 Å². The summed E-state index contributed by atoms with van der Waals surface area (Å²) in [5, 5.41) is 0. The monoisotopic (exact) mass is 320 g/mol. The molecule has 22 heavy (non-hydrogen) atoms. The second-order valence-corrected chi connectivity index (χ2v) is 7.45. The van der Waals surface area contributed by atoms with E-state index in [1.165, 1.54) is 5.56 Å². The quantitative estimate of drug-likeness (QED) is 0.887. The normalized spacial score (nSPS) is 15.8. The second-order valence-electron chi connectivity index (χ2n) is 5.36. The average molecular weight is 320 g/mol. The summed E-state index contributed by atoms with van der Waals surface area (Å²) in [4.78, 5) is 2.21. The summed E-state index contributed by atoms with van der Waals surface area (Å²) in [6.45, 7) is 2.80. The maximum absolute atomic E-state index is 11.8. The van der Waals surface area contributed by atoms with Crippen molar-refractivity contribution in [3.8, 4) is 0 Å². The third-order valence-electron chi connectivity index (χ3n) is 4.05. The number of anilines is 1. The van der Waals surface area contributed by atoms with E-state index in [9.17, 15) is 8.42 Å². The lowest BCUT2D eigenvalue weighted by atomic mass is 10.1. The summed E-state index contributed by atoms with van der Waals surface area (Å²) in [7, 11) is -3.23. The van der Waals surface area contributed by atoms with E-state index in [1.807, 2.05) is 24.3 Å². The minimum Gasteiger partial charge on any atom is -0.467 e. The molecule has 1 aromatic carbocycles. The van der Waals surface area contributed by atoms with Crippen molar-refractivity contribution in [1.82, 2.24) is 4.72 Å². The van der Waals surface area contributed by atoms with Crippen LogP contribution in [0.1, 0.15) is 24.3 Å². The van der Waals surface area contributed by atoms with Gasteiger partial charge in [-0.15, -0.1) is 0 Å². The summed E-state index contributed by atoms with van der Waals surface area (Å²) in [6, 6.07) is 11.8. The Hall–Kier alpha value is -1.79. The van der Waals surface area contributed by atoms with Crippen LogP contribution in [-0.2, 0) is 16.4 Å². The molecule has 0 radical (unpaired) electrons. The van der Waals surface area contributed by atoms with Gasteiger partial charge in [-0.1, -0.05) is 18.2 Å². The summed E-state index contributed by atoms with van der Waals surface area (Å²) in [5.74, 6) is 0.851. The Kier molecular flexibility index (Phi) is 4.22. The van der Waals surface area contributed by atoms with Crippen LogP contribution in [0, 0.1) is 0 Å². The summed E-state index contributed by atoms with van der Waals surface area (Å²) in [5.41, 5.74) is 2.44. The van der Waals surface area contributed by atoms with Crippen LogP contribution in [0.25, 0.3) is 0 Å². The van der Waals surface area contributed by atoms with Crippen molar-refractivity contribution in [2.24, 2.45) is 0 Å². The minimum absolute atomic E-state index is 0.0778. The molecule has 1 aliphatic rings. The molecule has 6 heteroatoms. The molecule has 1 aliphatic heterocycles. The first-order valence-corrected chi connectivity index (χ1v) is 9.11. The smallest absolute Gasteiger partial charge is 0.211 e. The topological polar surface area (TPSA) is 62.6 Å². The van der Waals surface area contributed by atoms with Crippen molar-refractivity contribution in [3.63, 3.8) is 0 Å². The van der Waals surface area contributed by atoms with Gasteiger partial charge in [0.25, 0.3) is 0 Å². The molecule has 0 saturated heterocycles. The summed E-state index contributed by atoms with van der Waals surface area (Å²) < 4.78 is 31.8. The number of rotatable bonds is 6. The Morgan fingerprint density at radius 1 is 1.27 bits per heavy atom. The fourth-order valence-corrected chi connectivity index (χ4v) is 3.46. The zero-order valence-corrected chi connectivity index (χ0v) is 13.3. The number of furan rings is 1. The molecule has 0 saturated carbocycles. The molecule has 0 aliphatic carbocycles. The maximum Gasteiger partial charge on any atom is 0.211 e. The van der Waals surface area contributed by atoms with Crippen LogP contribution < -0.4 is 9.62 Å². The number of nitrogens with zero attached hydrogens (tertiary/aromatic N) is 1. The van der Waals surface area contributed by atoms with Crippen molar-refractivity contribution in [1.29, 1.82) is 0 Å². The van der Waals surface area contributed by atoms with E-state index in [2.05, 4.69) is 21.8 Å². The fraction of sp³-hybridized carbons (Fsp3) is 0.375. The molecule has 0 spiro atoms. The third-order valence-corrected chi connectivity index (χ3v) is 5.41. The van der Waals surface area contributed by atoms with Gasteiger partial charge in [-0.2, -0.15) is 0 Å². The van der Waals surface area contributed by atoms with Crippen molar-refractivity contribution >= 4 is 15.7 Å². The molecule has 1 aromatic heterocycles. The van der Waals surface area contributed by atoms with Gasteiger partial charge in [-0.25, -0.2) is 13.1 Å². The van der Waals surface area contributed by atoms with Crippen LogP contribution in [0.2, 0.25) is 0 Å². The van der Waals surface area contributed by atoms with E-state index in [0.717, 1.165) is 24.4 Å². The van der Waals surface area contributed by atoms with Gasteiger partial charge in [-0.05, 0) is 37.1 Å². The lowest BCUT2D eigenvalue weighted by Crippen LogP contribution is -2.37. The van der Waals surface area contributed by atoms with Gasteiger partial charge < -0.3 is 9.32 Å². The number of para-hydroxylation sites is 1. The first-order valence-electron chi connectivity index (χ1n) is 7.46. The minimum atomic E-state index is -3.23. The van der Waals surface area contributed by atoms with Gasteiger partial charge in [-0.3, -0.25) is 0 Å². The van der Waals surface area contributed by atoms with E-state index in [-0.39, 0.29) is 11.8 Å². The van der Waals surface area contributed by atoms with Crippen LogP contribution in [-0.4, -0.2) is 27.3 Å². The standard InChI is InChI=1S/C16H20N2O3S/c1-2-22(19,20)17-12-15(16-8-5-11-21-16)18-10-9-13-6-3-4-7-14(13)18/h3-8,11,15,17H,2,9-10,12H2,1H3/t15-/m0/s1. The highest BCUT2D eigenvalue weighted by Crippen LogP contribution is 2.34. The lowest BCUT2D eigenvalue weighted by Gasteiger charge is -2.29. The number of hydrogen-bond donors (Lipinski definition) is 1. The predicted molar refractivity (Wildman–Crippen MR) is 86.4 cm³/mol. The molecular formula is C16H20N2O3S. The fourth-order valence-electron chi connectivity index (χ4n) is 2.84. The van der Waals surface area contributed by atoms with E-state index < -0.39 is 10.0 Å². The number of nitrogens with one attached hydrogen (secondary N) is 1. The van der Waals surface area contributed by atoms with E-state index in [1.54, 1.807) is 13.2 Å². The van der Waals surface area contributed by atoms with Gasteiger partial charge in [0.15, 0.2) is 0 Å². The Morgan fingerprint density at radius 3 is 2.82 bits per heavy atom. The van der Waals surface area contributed by atoms with Crippen molar-refractivity contribution < 1.29 is 12.8 Å². The van der Waals surface area contributed by atoms with Crippen LogP contribution in [0.5, 0.6) is 0 Å². The van der Waals surface area contributed by atoms with Crippen molar-refractivity contribution in [2.45, 2.75) is 19.4 Å². The van der Waals surface area contributed by atoms with Gasteiger partial charge in [0.1, 0.15) is 11.8 Å². The predicted octanol–water partition coefficient (Wildman–Crippen LogP) is 2.32. The first kappa shape index (κ1) is 15.1. The van der Waals surface area contributed by atoms with E-state index in [4.69, 9.17) is 4.42 Å². The van der Waals surface area contributed by atoms with Crippen molar-refractivity contribution in [2.75, 3.05) is 23.7 Å². The Bertz CT molecular complexity index is 726. The molecule has 0 bridgehead atoms. The zero-order valence-electron chi connectivity index (χ0n) is 12.5. The molecule has 2 heterocycles. The van der Waals surface area contributed by atoms with Crippen molar-refractivity contribution in [3.05, 3.63) is 54.0 Å². The number of benzene rings is 1. The first-order chi connectivity index (χ1) is 10.6. The van der Waals surface area contributed by atoms with Gasteiger partial charge in [0.2, 0.25) is 10.0 Å². The molecule has 0 fully saturated rings. The molecule has 1 N–H and O–H groups in total. The Labute approximate surface area is 131 Å². The lowest BCUT2D eigenvalue weighted by molar-refractivity contribution is 0.447. The van der Waals surface area contributed by atoms with Gasteiger partial charge in [0.05, 0.1) is 12.0 Å². The number of sulfonamides is 1. The van der Waals surface area contributed by atoms with Crippen LogP contribution in [0.3, 0.4) is 0 Å². The average Bonchev–Trinajstić information content (AvgIpc) is 3.18. The van der Waals surface area contributed by atoms with Gasteiger partial charge >= 0.3 is 0 Å². The van der Waals surface area contributed by atoms with Crippen LogP contribution in [0.4, 0.5) is 5.69 Å². The molecule has 3 rings (SSSR count). The number of hydrogen-bond acceptors (Lipinski definition) is 4. The Balaban J connectivity index is 1.87. The summed E-state index contributed by atoms with van der Waals surface area (Å²) >= 11 is 0. The molecule has 1 atom stereocenters.